The van der Waals surface area contributed by atoms with E-state index in [2.05, 4.69) is 161 Å². The molecule has 0 aliphatic rings. The summed E-state index contributed by atoms with van der Waals surface area (Å²) < 4.78 is 37.5. The van der Waals surface area contributed by atoms with E-state index >= 15 is 19.2 Å². The van der Waals surface area contributed by atoms with Crippen molar-refractivity contribution in [3.05, 3.63) is 243 Å². The van der Waals surface area contributed by atoms with Crippen LogP contribution in [0.2, 0.25) is 0 Å². The molecular weight excluding hydrogens is 1360 g/mol. The number of pyridine rings is 6. The van der Waals surface area contributed by atoms with Crippen LogP contribution in [-0.2, 0) is 51.4 Å². The Balaban J connectivity index is 1.20. The van der Waals surface area contributed by atoms with Crippen LogP contribution < -0.4 is 40.7 Å². The predicted molar refractivity (Wildman–Crippen MR) is 459 cm³/mol. The van der Waals surface area contributed by atoms with Crippen molar-refractivity contribution < 1.29 is 18.9 Å². The highest BCUT2D eigenvalue weighted by molar-refractivity contribution is 6.46. The van der Waals surface area contributed by atoms with Crippen LogP contribution in [0.4, 0.5) is 0 Å². The summed E-state index contributed by atoms with van der Waals surface area (Å²) in [4.78, 5) is 61.6. The number of nitrogens with zero attached hydrogens (tertiary/aromatic N) is 2. The Hall–Kier alpha value is -10.8. The third-order valence-corrected chi connectivity index (χ3v) is 23.8. The first kappa shape index (κ1) is 72.0. The molecule has 11 aromatic carbocycles. The Kier molecular flexibility index (Phi) is 19.8. The van der Waals surface area contributed by atoms with Gasteiger partial charge in [-0.05, 0) is 196 Å². The lowest BCUT2D eigenvalue weighted by Gasteiger charge is -2.28. The molecule has 0 saturated heterocycles. The van der Waals surface area contributed by atoms with Crippen molar-refractivity contribution in [2.75, 3.05) is 0 Å². The second kappa shape index (κ2) is 30.2. The molecule has 0 fully saturated rings. The highest BCUT2D eigenvalue weighted by atomic mass is 16.5. The number of aryl methyl sites for hydroxylation is 8. The predicted octanol–water partition coefficient (Wildman–Crippen LogP) is 26.3. The minimum atomic E-state index is -0.195. The lowest BCUT2D eigenvalue weighted by molar-refractivity contribution is 0.468. The monoisotopic (exact) mass is 1450 g/mol. The number of aromatic nitrogens is 2. The van der Waals surface area contributed by atoms with Gasteiger partial charge in [0.1, 0.15) is 46.0 Å². The fourth-order valence-corrected chi connectivity index (χ4v) is 18.3. The van der Waals surface area contributed by atoms with Crippen molar-refractivity contribution >= 4 is 119 Å². The lowest BCUT2D eigenvalue weighted by Crippen LogP contribution is -2.13. The molecule has 0 saturated carbocycles. The van der Waals surface area contributed by atoms with Crippen LogP contribution in [0.3, 0.4) is 0 Å². The van der Waals surface area contributed by atoms with Crippen LogP contribution in [0.15, 0.2) is 177 Å². The van der Waals surface area contributed by atoms with Crippen LogP contribution in [0.25, 0.3) is 119 Å². The molecule has 6 heterocycles. The van der Waals surface area contributed by atoms with Crippen LogP contribution in [0, 0.1) is 0 Å². The van der Waals surface area contributed by atoms with Gasteiger partial charge in [-0.25, -0.2) is 0 Å². The molecule has 17 rings (SSSR count). The second-order valence-electron chi connectivity index (χ2n) is 31.2. The van der Waals surface area contributed by atoms with E-state index in [4.69, 9.17) is 18.9 Å². The molecule has 0 spiro atoms. The average molecular weight is 1460 g/mol. The molecular formula is C100H98N2O8. The lowest BCUT2D eigenvalue weighted by atomic mass is 9.83. The molecule has 0 aliphatic carbocycles. The summed E-state index contributed by atoms with van der Waals surface area (Å²) in [6, 6.07) is 53.4. The van der Waals surface area contributed by atoms with Gasteiger partial charge in [0.25, 0.3) is 0 Å². The highest BCUT2D eigenvalue weighted by Crippen LogP contribution is 2.60. The van der Waals surface area contributed by atoms with Gasteiger partial charge in [0, 0.05) is 110 Å². The van der Waals surface area contributed by atoms with Gasteiger partial charge >= 0.3 is 0 Å². The first-order chi connectivity index (χ1) is 53.9. The third-order valence-electron chi connectivity index (χ3n) is 23.8. The molecule has 0 amide bonds. The number of ether oxygens (including phenoxy) is 4. The molecule has 10 nitrogen and oxygen atoms in total. The summed E-state index contributed by atoms with van der Waals surface area (Å²) in [6.07, 6.45) is 21.6. The fourth-order valence-electron chi connectivity index (χ4n) is 18.3. The van der Waals surface area contributed by atoms with Crippen molar-refractivity contribution in [2.45, 2.75) is 209 Å². The maximum Gasteiger partial charge on any atom is 0.190 e. The van der Waals surface area contributed by atoms with E-state index in [9.17, 15) is 0 Å². The van der Waals surface area contributed by atoms with E-state index in [-0.39, 0.29) is 21.7 Å². The van der Waals surface area contributed by atoms with E-state index in [1.165, 1.54) is 0 Å². The van der Waals surface area contributed by atoms with Crippen LogP contribution in [0.5, 0.6) is 46.0 Å². The van der Waals surface area contributed by atoms with Gasteiger partial charge in [0.2, 0.25) is 0 Å². The van der Waals surface area contributed by atoms with Crippen molar-refractivity contribution in [1.29, 1.82) is 0 Å². The molecule has 0 bridgehead atoms. The minimum absolute atomic E-state index is 0.195. The summed E-state index contributed by atoms with van der Waals surface area (Å²) in [5, 5.41) is 11.0. The summed E-state index contributed by atoms with van der Waals surface area (Å²) in [6.45, 7) is 17.9. The Morgan fingerprint density at radius 1 is 0.227 bits per heavy atom. The van der Waals surface area contributed by atoms with E-state index in [1.807, 2.05) is 36.4 Å². The zero-order chi connectivity index (χ0) is 75.6. The Morgan fingerprint density at radius 2 is 0.418 bits per heavy atom. The molecule has 0 aliphatic heterocycles. The third kappa shape index (κ3) is 12.0. The molecule has 17 aromatic rings. The zero-order valence-electron chi connectivity index (χ0n) is 65.1. The molecule has 0 atom stereocenters. The number of unbranched alkanes of at least 4 members (excludes halogenated alkanes) is 8. The van der Waals surface area contributed by atoms with Gasteiger partial charge in [-0.2, -0.15) is 0 Å². The molecule has 10 heteroatoms. The molecule has 0 unspecified atom stereocenters. The quantitative estimate of drug-likeness (QED) is 0.0303. The minimum Gasteiger partial charge on any atom is -0.456 e. The standard InChI is InChI=1S/C100H98N2O8/c1-9-17-31-59-39-25-40-60(32-18-10-2)97(59)107-83-51-71-75-55-79(103)67-47-29-48-68-80(104)56-76(101(75)95(67)68)72-53-85(109-99-63(35-21-13-5)43-27-44-64(99)36-22-14-6)91-92-86(110-100-65(37-23-15-7)45-28-46-66(100)38-24-16-8)54-74-78-58-82(106)70-50-30-49-69-81(105)57-77(102(78)96(69)70)73-52-84(90(94(92)88(73)74)89(83)93(91)87(71)72)108-98-61(33-19-11-3)41-26-42-62(98)34-20-12-4/h25-30,39-58H,9-24,31-38H2,1-8H3. The highest BCUT2D eigenvalue weighted by Gasteiger charge is 2.35. The first-order valence-electron chi connectivity index (χ1n) is 41.4. The summed E-state index contributed by atoms with van der Waals surface area (Å²) in [7, 11) is 0. The largest absolute Gasteiger partial charge is 0.456 e. The smallest absolute Gasteiger partial charge is 0.190 e. The van der Waals surface area contributed by atoms with Crippen LogP contribution in [-0.4, -0.2) is 8.80 Å². The van der Waals surface area contributed by atoms with Gasteiger partial charge in [-0.15, -0.1) is 0 Å². The Bertz CT molecular complexity index is 5760. The summed E-state index contributed by atoms with van der Waals surface area (Å²) >= 11 is 0. The molecule has 6 aromatic heterocycles. The molecule has 0 radical (unpaired) electrons. The normalized spacial score (nSPS) is 12.3. The van der Waals surface area contributed by atoms with E-state index in [0.717, 1.165) is 286 Å². The van der Waals surface area contributed by atoms with Gasteiger partial charge in [-0.1, -0.05) is 192 Å². The zero-order valence-corrected chi connectivity index (χ0v) is 65.1. The van der Waals surface area contributed by atoms with E-state index in [1.54, 1.807) is 24.3 Å². The van der Waals surface area contributed by atoms with Gasteiger partial charge < -0.3 is 27.7 Å². The first-order valence-corrected chi connectivity index (χ1v) is 41.4. The number of hydrogen-bond acceptors (Lipinski definition) is 8. The number of rotatable bonds is 32. The molecule has 110 heavy (non-hydrogen) atoms. The maximum absolute atomic E-state index is 15.4. The van der Waals surface area contributed by atoms with Gasteiger partial charge in [-0.3, -0.25) is 19.2 Å². The average Bonchev–Trinajstić information content (AvgIpc) is 0.602. The Labute approximate surface area is 641 Å². The van der Waals surface area contributed by atoms with Crippen molar-refractivity contribution in [1.82, 2.24) is 8.80 Å². The van der Waals surface area contributed by atoms with Gasteiger partial charge in [0.15, 0.2) is 21.7 Å². The summed E-state index contributed by atoms with van der Waals surface area (Å²) in [5.74, 6) is 5.39. The number of benzene rings is 11. The topological polar surface area (TPSA) is 114 Å². The fraction of sp³-hybridized carbons (Fsp3) is 0.320. The van der Waals surface area contributed by atoms with E-state index < -0.39 is 0 Å². The van der Waals surface area contributed by atoms with Crippen molar-refractivity contribution in [3.8, 4) is 46.0 Å². The van der Waals surface area contributed by atoms with Crippen LogP contribution >= 0.6 is 0 Å². The number of fused-ring (bicyclic) bond motifs is 6. The number of para-hydroxylation sites is 6. The van der Waals surface area contributed by atoms with Crippen LogP contribution in [0.1, 0.15) is 203 Å². The molecule has 0 N–H and O–H groups in total. The molecule has 556 valence electrons. The summed E-state index contributed by atoms with van der Waals surface area (Å²) in [5.41, 5.74) is 11.7. The number of hydrogen-bond donors (Lipinski definition) is 0. The van der Waals surface area contributed by atoms with Gasteiger partial charge in [0.05, 0.1) is 33.1 Å². The SMILES string of the molecule is CCCCc1cccc(CCCC)c1Oc1cc2c3c(cc(Oc4c(CCCC)cccc4CCCC)c4c5c(Oc6c(CCCC)cccc6CCCC)cc6c7c(cc(Oc8c(CCCC)cccc8CCCC)c(c1c43)c57)c1cc(=O)c3cccc4c(=O)cc6n1c34)c1cc(=O)c3cccc4c(=O)cc2n1c43. The van der Waals surface area contributed by atoms with Crippen molar-refractivity contribution in [2.24, 2.45) is 0 Å². The maximum atomic E-state index is 15.4. The van der Waals surface area contributed by atoms with Crippen molar-refractivity contribution in [3.63, 3.8) is 0 Å². The second-order valence-corrected chi connectivity index (χ2v) is 31.2. The Morgan fingerprint density at radius 3 is 0.609 bits per heavy atom. The van der Waals surface area contributed by atoms with E-state index in [0.29, 0.717) is 77.6 Å².